The Hall–Kier alpha value is -6.20. The molecule has 0 saturated heterocycles. The van der Waals surface area contributed by atoms with Crippen LogP contribution >= 0.6 is 0 Å². The van der Waals surface area contributed by atoms with Crippen molar-refractivity contribution >= 4 is 43.8 Å². The maximum Gasteiger partial charge on any atom is 0.231 e. The van der Waals surface area contributed by atoms with E-state index in [1.165, 1.54) is 5.56 Å². The molecule has 0 amide bonds. The van der Waals surface area contributed by atoms with Crippen LogP contribution in [0.2, 0.25) is 0 Å². The third-order valence-corrected chi connectivity index (χ3v) is 9.21. The van der Waals surface area contributed by atoms with Gasteiger partial charge in [0.25, 0.3) is 0 Å². The van der Waals surface area contributed by atoms with Crippen molar-refractivity contribution < 1.29 is 13.9 Å². The number of rotatable bonds is 5. The van der Waals surface area contributed by atoms with Gasteiger partial charge in [0.1, 0.15) is 22.4 Å². The second kappa shape index (κ2) is 11.0. The fourth-order valence-electron chi connectivity index (χ4n) is 6.76. The number of aromatic nitrogens is 2. The highest BCUT2D eigenvalue weighted by Gasteiger charge is 2.26. The van der Waals surface area contributed by atoms with E-state index in [9.17, 15) is 5.11 Å². The van der Waals surface area contributed by atoms with Crippen molar-refractivity contribution in [3.63, 3.8) is 0 Å². The lowest BCUT2D eigenvalue weighted by molar-refractivity contribution is 0.475. The molecule has 5 heteroatoms. The van der Waals surface area contributed by atoms with Gasteiger partial charge in [-0.15, -0.1) is 0 Å². The molecule has 0 aliphatic heterocycles. The fraction of sp³-hybridized carbons (Fsp3) is 0.0698. The summed E-state index contributed by atoms with van der Waals surface area (Å²) in [5, 5.41) is 16.2. The Morgan fingerprint density at radius 1 is 0.583 bits per heavy atom. The fourth-order valence-corrected chi connectivity index (χ4v) is 6.76. The Balaban J connectivity index is 1.35. The smallest absolute Gasteiger partial charge is 0.231 e. The van der Waals surface area contributed by atoms with Crippen molar-refractivity contribution in [2.75, 3.05) is 0 Å². The molecule has 0 aliphatic carbocycles. The number of nitrogens with zero attached hydrogens (tertiary/aromatic N) is 2. The van der Waals surface area contributed by atoms with E-state index in [0.717, 1.165) is 60.7 Å². The molecule has 0 unspecified atom stereocenters. The molecular formula is C43H30N2O3. The van der Waals surface area contributed by atoms with Crippen LogP contribution in [-0.2, 0) is 0 Å². The molecule has 0 aliphatic rings. The van der Waals surface area contributed by atoms with E-state index in [2.05, 4.69) is 56.3 Å². The van der Waals surface area contributed by atoms with E-state index in [1.54, 1.807) is 0 Å². The number of para-hydroxylation sites is 3. The number of phenols is 1. The van der Waals surface area contributed by atoms with Crippen LogP contribution in [0.25, 0.3) is 88.9 Å². The quantitative estimate of drug-likeness (QED) is 0.207. The van der Waals surface area contributed by atoms with Crippen molar-refractivity contribution in [1.29, 1.82) is 0 Å². The first-order chi connectivity index (χ1) is 23.5. The van der Waals surface area contributed by atoms with Gasteiger partial charge >= 0.3 is 0 Å². The van der Waals surface area contributed by atoms with Crippen molar-refractivity contribution in [2.24, 2.45) is 0 Å². The Labute approximate surface area is 276 Å². The Morgan fingerprint density at radius 2 is 1.31 bits per heavy atom. The maximum absolute atomic E-state index is 12.2. The summed E-state index contributed by atoms with van der Waals surface area (Å²) in [6.07, 6.45) is 0. The van der Waals surface area contributed by atoms with Crippen molar-refractivity contribution in [2.45, 2.75) is 19.8 Å². The van der Waals surface area contributed by atoms with Gasteiger partial charge in [-0.25, -0.2) is 9.97 Å². The lowest BCUT2D eigenvalue weighted by atomic mass is 9.91. The van der Waals surface area contributed by atoms with Gasteiger partial charge in [0.2, 0.25) is 5.89 Å². The van der Waals surface area contributed by atoms with Crippen LogP contribution in [0, 0.1) is 0 Å². The van der Waals surface area contributed by atoms with E-state index < -0.39 is 0 Å². The first kappa shape index (κ1) is 28.1. The topological polar surface area (TPSA) is 72.3 Å². The highest BCUT2D eigenvalue weighted by Crippen LogP contribution is 2.49. The Kier molecular flexibility index (Phi) is 6.40. The van der Waals surface area contributed by atoms with E-state index in [1.807, 2.05) is 91.0 Å². The molecule has 0 bridgehead atoms. The summed E-state index contributed by atoms with van der Waals surface area (Å²) < 4.78 is 12.7. The zero-order valence-electron chi connectivity index (χ0n) is 26.4. The molecule has 0 radical (unpaired) electrons. The van der Waals surface area contributed by atoms with Gasteiger partial charge in [-0.05, 0) is 52.8 Å². The van der Waals surface area contributed by atoms with Gasteiger partial charge < -0.3 is 13.9 Å². The first-order valence-corrected chi connectivity index (χ1v) is 16.2. The van der Waals surface area contributed by atoms with Crippen LogP contribution in [-0.4, -0.2) is 15.1 Å². The lowest BCUT2D eigenvalue weighted by Gasteiger charge is -2.16. The SMILES string of the molecule is CC(C)c1ccc2c(-c3ccccc3)nc(-c3ccccc3-c3c(O)c(-c4nc5ccccc5o4)cc4c3oc3ccccc34)cc2c1. The number of hydrogen-bond acceptors (Lipinski definition) is 5. The molecule has 48 heavy (non-hydrogen) atoms. The van der Waals surface area contributed by atoms with Gasteiger partial charge in [0, 0.05) is 27.3 Å². The molecular weight excluding hydrogens is 592 g/mol. The number of hydrogen-bond donors (Lipinski definition) is 1. The minimum atomic E-state index is 0.0340. The molecule has 0 saturated carbocycles. The van der Waals surface area contributed by atoms with Gasteiger partial charge in [-0.3, -0.25) is 0 Å². The molecule has 0 atom stereocenters. The largest absolute Gasteiger partial charge is 0.506 e. The molecule has 9 rings (SSSR count). The molecule has 6 aromatic carbocycles. The van der Waals surface area contributed by atoms with Gasteiger partial charge in [0.05, 0.1) is 22.5 Å². The molecule has 230 valence electrons. The predicted molar refractivity (Wildman–Crippen MR) is 194 cm³/mol. The summed E-state index contributed by atoms with van der Waals surface area (Å²) in [7, 11) is 0. The number of pyridine rings is 1. The normalized spacial score (nSPS) is 11.8. The van der Waals surface area contributed by atoms with Crippen molar-refractivity contribution in [3.05, 3.63) is 139 Å². The zero-order valence-corrected chi connectivity index (χ0v) is 26.4. The van der Waals surface area contributed by atoms with E-state index >= 15 is 0 Å². The van der Waals surface area contributed by atoms with E-state index in [0.29, 0.717) is 34.1 Å². The average Bonchev–Trinajstić information content (AvgIpc) is 3.72. The predicted octanol–water partition coefficient (Wildman–Crippen LogP) is 11.8. The molecule has 1 N–H and O–H groups in total. The molecule has 3 heterocycles. The number of benzene rings is 6. The van der Waals surface area contributed by atoms with Crippen LogP contribution in [0.4, 0.5) is 0 Å². The summed E-state index contributed by atoms with van der Waals surface area (Å²) in [4.78, 5) is 10.1. The van der Waals surface area contributed by atoms with Crippen LogP contribution in [0.3, 0.4) is 0 Å². The third-order valence-electron chi connectivity index (χ3n) is 9.21. The van der Waals surface area contributed by atoms with Gasteiger partial charge in [-0.1, -0.05) is 117 Å². The number of aromatic hydroxyl groups is 1. The van der Waals surface area contributed by atoms with Crippen LogP contribution in [0.5, 0.6) is 5.75 Å². The number of fused-ring (bicyclic) bond motifs is 5. The van der Waals surface area contributed by atoms with E-state index in [4.69, 9.17) is 18.8 Å². The summed E-state index contributed by atoms with van der Waals surface area (Å²) in [6.45, 7) is 4.42. The minimum absolute atomic E-state index is 0.0340. The maximum atomic E-state index is 12.2. The summed E-state index contributed by atoms with van der Waals surface area (Å²) in [5.41, 5.74) is 9.44. The highest BCUT2D eigenvalue weighted by atomic mass is 16.4. The molecule has 0 spiro atoms. The minimum Gasteiger partial charge on any atom is -0.506 e. The Bertz CT molecular complexity index is 2630. The standard InChI is InChI=1S/C43H30N2O3/c1-25(2)27-20-21-29-28(22-27)23-36(44-40(29)26-12-4-3-5-13-26)30-14-6-7-16-32(30)39-41(46)34(43-45-35-17-9-11-19-38(35)48-43)24-33-31-15-8-10-18-37(31)47-42(33)39/h3-25,46H,1-2H3. The molecule has 5 nitrogen and oxygen atoms in total. The summed E-state index contributed by atoms with van der Waals surface area (Å²) >= 11 is 0. The molecule has 3 aromatic heterocycles. The van der Waals surface area contributed by atoms with Crippen LogP contribution < -0.4 is 0 Å². The second-order valence-corrected chi connectivity index (χ2v) is 12.5. The second-order valence-electron chi connectivity index (χ2n) is 12.5. The lowest BCUT2D eigenvalue weighted by Crippen LogP contribution is -1.95. The van der Waals surface area contributed by atoms with Crippen LogP contribution in [0.15, 0.2) is 142 Å². The first-order valence-electron chi connectivity index (χ1n) is 16.2. The average molecular weight is 623 g/mol. The van der Waals surface area contributed by atoms with E-state index in [-0.39, 0.29) is 5.75 Å². The highest BCUT2D eigenvalue weighted by molar-refractivity contribution is 6.14. The monoisotopic (exact) mass is 622 g/mol. The number of furan rings is 1. The number of phenolic OH excluding ortho intramolecular Hbond substituents is 1. The van der Waals surface area contributed by atoms with Gasteiger partial charge in [0.15, 0.2) is 5.58 Å². The van der Waals surface area contributed by atoms with Crippen molar-refractivity contribution in [1.82, 2.24) is 9.97 Å². The third kappa shape index (κ3) is 4.47. The molecule has 0 fully saturated rings. The Morgan fingerprint density at radius 3 is 2.12 bits per heavy atom. The van der Waals surface area contributed by atoms with Gasteiger partial charge in [-0.2, -0.15) is 0 Å². The zero-order chi connectivity index (χ0) is 32.4. The molecule has 9 aromatic rings. The summed E-state index contributed by atoms with van der Waals surface area (Å²) in [6, 6.07) is 44.6. The summed E-state index contributed by atoms with van der Waals surface area (Å²) in [5.74, 6) is 0.758. The number of oxazole rings is 1. The van der Waals surface area contributed by atoms with Crippen LogP contribution in [0.1, 0.15) is 25.3 Å². The van der Waals surface area contributed by atoms with Crippen molar-refractivity contribution in [3.8, 4) is 50.8 Å².